The smallest absolute Gasteiger partial charge is 0.262 e. The molecule has 4 aromatic rings. The van der Waals surface area contributed by atoms with E-state index in [1.807, 2.05) is 34.9 Å². The Morgan fingerprint density at radius 3 is 2.66 bits per heavy atom. The van der Waals surface area contributed by atoms with Crippen LogP contribution in [0.15, 0.2) is 78.0 Å². The molecule has 0 saturated heterocycles. The normalized spacial score (nSPS) is 13.5. The molecule has 7 nitrogen and oxygen atoms in total. The van der Waals surface area contributed by atoms with Gasteiger partial charge in [-0.05, 0) is 55.0 Å². The fraction of sp³-hybridized carbons (Fsp3) is 0.154. The van der Waals surface area contributed by atoms with Crippen molar-refractivity contribution in [1.82, 2.24) is 14.8 Å². The summed E-state index contributed by atoms with van der Waals surface area (Å²) in [5.41, 5.74) is 2.71. The second-order valence-corrected chi connectivity index (χ2v) is 9.36. The van der Waals surface area contributed by atoms with E-state index in [4.69, 9.17) is 4.74 Å². The number of fused-ring (bicyclic) bond motifs is 1. The number of anilines is 1. The van der Waals surface area contributed by atoms with Crippen LogP contribution in [0.4, 0.5) is 10.1 Å². The first-order chi connectivity index (χ1) is 17.0. The number of carbonyl (C=O) groups is 2. The van der Waals surface area contributed by atoms with Crippen LogP contribution in [0.3, 0.4) is 0 Å². The van der Waals surface area contributed by atoms with E-state index in [2.05, 4.69) is 15.5 Å². The van der Waals surface area contributed by atoms with Crippen molar-refractivity contribution >= 4 is 29.1 Å². The molecule has 1 aliphatic heterocycles. The first-order valence-electron chi connectivity index (χ1n) is 11.0. The van der Waals surface area contributed by atoms with Gasteiger partial charge in [-0.15, -0.1) is 10.2 Å². The van der Waals surface area contributed by atoms with E-state index in [1.54, 1.807) is 37.3 Å². The highest BCUT2D eigenvalue weighted by Gasteiger charge is 2.24. The first kappa shape index (κ1) is 22.8. The zero-order valence-electron chi connectivity index (χ0n) is 18.8. The number of rotatable bonds is 7. The van der Waals surface area contributed by atoms with Crippen molar-refractivity contribution in [3.05, 3.63) is 89.7 Å². The molecule has 0 bridgehead atoms. The summed E-state index contributed by atoms with van der Waals surface area (Å²) in [7, 11) is 0. The van der Waals surface area contributed by atoms with Gasteiger partial charge in [0, 0.05) is 11.1 Å². The van der Waals surface area contributed by atoms with E-state index in [1.165, 1.54) is 23.9 Å². The zero-order valence-corrected chi connectivity index (χ0v) is 19.6. The van der Waals surface area contributed by atoms with Gasteiger partial charge in [-0.3, -0.25) is 14.2 Å². The van der Waals surface area contributed by atoms with Gasteiger partial charge in [0.2, 0.25) is 0 Å². The number of nitrogens with zero attached hydrogens (tertiary/aromatic N) is 3. The maximum Gasteiger partial charge on any atom is 0.262 e. The second-order valence-electron chi connectivity index (χ2n) is 8.06. The van der Waals surface area contributed by atoms with E-state index in [-0.39, 0.29) is 24.1 Å². The summed E-state index contributed by atoms with van der Waals surface area (Å²) in [5.74, 6) is 0.419. The van der Waals surface area contributed by atoms with Crippen LogP contribution in [0.2, 0.25) is 0 Å². The number of nitrogens with one attached hydrogen (secondary N) is 1. The summed E-state index contributed by atoms with van der Waals surface area (Å²) in [6.45, 7) is 2.26. The van der Waals surface area contributed by atoms with Crippen LogP contribution in [-0.2, 0) is 11.3 Å². The Kier molecular flexibility index (Phi) is 6.33. The molecule has 3 aromatic carbocycles. The number of halogens is 1. The number of ketones is 1. The maximum atomic E-state index is 13.5. The molecule has 0 radical (unpaired) electrons. The van der Waals surface area contributed by atoms with Crippen molar-refractivity contribution in [2.75, 3.05) is 11.9 Å². The molecule has 1 amide bonds. The lowest BCUT2D eigenvalue weighted by atomic mass is 10.1. The van der Waals surface area contributed by atoms with Crippen molar-refractivity contribution in [3.63, 3.8) is 0 Å². The molecule has 1 N–H and O–H groups in total. The Balaban J connectivity index is 1.43. The molecule has 0 aliphatic carbocycles. The van der Waals surface area contributed by atoms with Gasteiger partial charge >= 0.3 is 0 Å². The molecule has 0 saturated carbocycles. The summed E-state index contributed by atoms with van der Waals surface area (Å²) < 4.78 is 20.8. The van der Waals surface area contributed by atoms with E-state index >= 15 is 0 Å². The lowest BCUT2D eigenvalue weighted by Crippen LogP contribution is -2.25. The van der Waals surface area contributed by atoms with Crippen molar-refractivity contribution in [2.45, 2.75) is 23.9 Å². The number of ether oxygens (including phenoxy) is 1. The molecule has 1 aliphatic rings. The topological polar surface area (TPSA) is 86.1 Å². The number of carbonyl (C=O) groups excluding carboxylic acids is 2. The Morgan fingerprint density at radius 1 is 1.11 bits per heavy atom. The molecule has 2 heterocycles. The number of aromatic nitrogens is 3. The summed E-state index contributed by atoms with van der Waals surface area (Å²) in [6, 6.07) is 20.9. The lowest BCUT2D eigenvalue weighted by Gasteiger charge is -2.19. The second kappa shape index (κ2) is 9.71. The third-order valence-electron chi connectivity index (χ3n) is 5.55. The van der Waals surface area contributed by atoms with E-state index < -0.39 is 5.25 Å². The van der Waals surface area contributed by atoms with Crippen LogP contribution in [0, 0.1) is 5.82 Å². The first-order valence-corrected chi connectivity index (χ1v) is 11.9. The van der Waals surface area contributed by atoms with E-state index in [0.717, 1.165) is 11.1 Å². The molecular formula is C26H21FN4O3S. The van der Waals surface area contributed by atoms with E-state index in [9.17, 15) is 14.0 Å². The number of hydrogen-bond donors (Lipinski definition) is 1. The zero-order chi connectivity index (χ0) is 24.4. The Bertz CT molecular complexity index is 1390. The van der Waals surface area contributed by atoms with Crippen molar-refractivity contribution < 1.29 is 18.7 Å². The Morgan fingerprint density at radius 2 is 1.89 bits per heavy atom. The van der Waals surface area contributed by atoms with Gasteiger partial charge in [-0.25, -0.2) is 4.39 Å². The quantitative estimate of drug-likeness (QED) is 0.296. The highest BCUT2D eigenvalue weighted by molar-refractivity contribution is 8.00. The molecule has 1 aromatic heterocycles. The van der Waals surface area contributed by atoms with Crippen LogP contribution >= 0.6 is 11.8 Å². The monoisotopic (exact) mass is 488 g/mol. The summed E-state index contributed by atoms with van der Waals surface area (Å²) in [5, 5.41) is 11.5. The molecule has 176 valence electrons. The molecule has 1 atom stereocenters. The average Bonchev–Trinajstić information content (AvgIpc) is 3.25. The van der Waals surface area contributed by atoms with Gasteiger partial charge < -0.3 is 10.1 Å². The van der Waals surface area contributed by atoms with Crippen LogP contribution in [0.1, 0.15) is 22.8 Å². The van der Waals surface area contributed by atoms with Crippen LogP contribution in [0.5, 0.6) is 5.75 Å². The van der Waals surface area contributed by atoms with Gasteiger partial charge in [0.1, 0.15) is 11.6 Å². The standard InChI is InChI=1S/C26H21FN4O3S/c1-16(24(33)19-9-12-22-21(13-19)28-23(32)15-34-22)35-26-30-29-25(18-7-10-20(27)11-8-18)31(26)14-17-5-3-2-4-6-17/h2-13,16H,14-15H2,1H3,(H,28,32). The minimum absolute atomic E-state index is 0.0417. The molecule has 35 heavy (non-hydrogen) atoms. The highest BCUT2D eigenvalue weighted by atomic mass is 32.2. The van der Waals surface area contributed by atoms with Crippen LogP contribution in [-0.4, -0.2) is 38.3 Å². The number of amides is 1. The lowest BCUT2D eigenvalue weighted by molar-refractivity contribution is -0.118. The molecule has 0 spiro atoms. The molecular weight excluding hydrogens is 467 g/mol. The fourth-order valence-electron chi connectivity index (χ4n) is 3.78. The van der Waals surface area contributed by atoms with Gasteiger partial charge in [-0.1, -0.05) is 42.1 Å². The van der Waals surface area contributed by atoms with Gasteiger partial charge in [-0.2, -0.15) is 0 Å². The number of benzene rings is 3. The highest BCUT2D eigenvalue weighted by Crippen LogP contribution is 2.32. The fourth-order valence-corrected chi connectivity index (χ4v) is 4.71. The summed E-state index contributed by atoms with van der Waals surface area (Å²) in [4.78, 5) is 24.9. The minimum atomic E-state index is -0.479. The summed E-state index contributed by atoms with van der Waals surface area (Å²) >= 11 is 1.30. The molecule has 0 fully saturated rings. The van der Waals surface area contributed by atoms with Gasteiger partial charge in [0.05, 0.1) is 17.5 Å². The third-order valence-corrected chi connectivity index (χ3v) is 6.63. The predicted molar refractivity (Wildman–Crippen MR) is 131 cm³/mol. The largest absolute Gasteiger partial charge is 0.482 e. The Labute approximate surface area is 205 Å². The van der Waals surface area contributed by atoms with Crippen LogP contribution < -0.4 is 10.1 Å². The van der Waals surface area contributed by atoms with Crippen molar-refractivity contribution in [1.29, 1.82) is 0 Å². The minimum Gasteiger partial charge on any atom is -0.482 e. The predicted octanol–water partition coefficient (Wildman–Crippen LogP) is 4.83. The Hall–Kier alpha value is -3.98. The average molecular weight is 489 g/mol. The van der Waals surface area contributed by atoms with Crippen molar-refractivity contribution in [2.24, 2.45) is 0 Å². The van der Waals surface area contributed by atoms with E-state index in [0.29, 0.717) is 34.5 Å². The van der Waals surface area contributed by atoms with Gasteiger partial charge in [0.25, 0.3) is 5.91 Å². The van der Waals surface area contributed by atoms with Crippen LogP contribution in [0.25, 0.3) is 11.4 Å². The molecule has 1 unspecified atom stereocenters. The number of thioether (sulfide) groups is 1. The van der Waals surface area contributed by atoms with Gasteiger partial charge in [0.15, 0.2) is 23.4 Å². The summed E-state index contributed by atoms with van der Waals surface area (Å²) in [6.07, 6.45) is 0. The number of Topliss-reactive ketones (excluding diaryl/α,β-unsaturated/α-hetero) is 1. The van der Waals surface area contributed by atoms with Crippen molar-refractivity contribution in [3.8, 4) is 17.1 Å². The molecule has 5 rings (SSSR count). The molecule has 9 heteroatoms. The third kappa shape index (κ3) is 4.95. The number of hydrogen-bond acceptors (Lipinski definition) is 6. The maximum absolute atomic E-state index is 13.5. The SMILES string of the molecule is CC(Sc1nnc(-c2ccc(F)cc2)n1Cc1ccccc1)C(=O)c1ccc2c(c1)NC(=O)CO2.